The van der Waals surface area contributed by atoms with E-state index in [2.05, 4.69) is 9.97 Å². The molecule has 0 amide bonds. The van der Waals surface area contributed by atoms with Crippen molar-refractivity contribution in [3.05, 3.63) is 29.2 Å². The number of aromatic nitrogens is 2. The first-order valence-electron chi connectivity index (χ1n) is 5.36. The second kappa shape index (κ2) is 7.30. The lowest BCUT2D eigenvalue weighted by Crippen LogP contribution is -1.74. The lowest BCUT2D eigenvalue weighted by molar-refractivity contribution is 1.35. The van der Waals surface area contributed by atoms with Crippen molar-refractivity contribution in [2.24, 2.45) is 0 Å². The Hall–Kier alpha value is -1.02. The van der Waals surface area contributed by atoms with Crippen molar-refractivity contribution < 1.29 is 0 Å². The van der Waals surface area contributed by atoms with Crippen LogP contribution in [0.5, 0.6) is 0 Å². The number of fused-ring (bicyclic) bond motifs is 1. The van der Waals surface area contributed by atoms with E-state index < -0.39 is 0 Å². The van der Waals surface area contributed by atoms with Gasteiger partial charge in [-0.3, -0.25) is 0 Å². The zero-order valence-electron chi connectivity index (χ0n) is 10.1. The van der Waals surface area contributed by atoms with E-state index in [0.717, 1.165) is 10.9 Å². The fraction of sp³-hybridized carbons (Fsp3) is 0.417. The molecule has 3 heteroatoms. The summed E-state index contributed by atoms with van der Waals surface area (Å²) in [6.45, 7) is 10.0. The Morgan fingerprint density at radius 3 is 2.40 bits per heavy atom. The van der Waals surface area contributed by atoms with Gasteiger partial charge < -0.3 is 4.98 Å². The SMILES string of the molecule is CC.CC.Cc1c[nH]c2cc(Cl)ncc12. The van der Waals surface area contributed by atoms with Crippen LogP contribution in [0.2, 0.25) is 5.15 Å². The molecule has 0 bridgehead atoms. The molecule has 84 valence electrons. The third-order valence-corrected chi connectivity index (χ3v) is 1.95. The van der Waals surface area contributed by atoms with Crippen LogP contribution in [0.1, 0.15) is 33.3 Å². The van der Waals surface area contributed by atoms with Gasteiger partial charge in [-0.2, -0.15) is 0 Å². The standard InChI is InChI=1S/C8H7ClN2.2C2H6/c1-5-3-10-7-2-8(9)11-4-6(5)7;2*1-2/h2-4,10H,1H3;2*1-2H3. The average Bonchev–Trinajstić information content (AvgIpc) is 2.65. The molecule has 15 heavy (non-hydrogen) atoms. The lowest BCUT2D eigenvalue weighted by Gasteiger charge is -1.90. The van der Waals surface area contributed by atoms with Crippen LogP contribution in [0, 0.1) is 6.92 Å². The summed E-state index contributed by atoms with van der Waals surface area (Å²) < 4.78 is 0. The predicted octanol–water partition coefficient (Wildman–Crippen LogP) is 4.58. The van der Waals surface area contributed by atoms with Crippen LogP contribution in [0.15, 0.2) is 18.5 Å². The maximum atomic E-state index is 5.70. The molecule has 0 aliphatic carbocycles. The molecule has 2 aromatic rings. The molecule has 0 fully saturated rings. The third kappa shape index (κ3) is 3.56. The van der Waals surface area contributed by atoms with E-state index in [0.29, 0.717) is 5.15 Å². The first-order chi connectivity index (χ1) is 7.27. The number of nitrogens with zero attached hydrogens (tertiary/aromatic N) is 1. The molecular formula is C12H19ClN2. The summed E-state index contributed by atoms with van der Waals surface area (Å²) in [6.07, 6.45) is 3.73. The highest BCUT2D eigenvalue weighted by molar-refractivity contribution is 6.30. The van der Waals surface area contributed by atoms with Crippen molar-refractivity contribution in [2.45, 2.75) is 34.6 Å². The van der Waals surface area contributed by atoms with Crippen LogP contribution in [0.4, 0.5) is 0 Å². The fourth-order valence-electron chi connectivity index (χ4n) is 1.13. The van der Waals surface area contributed by atoms with Gasteiger partial charge in [-0.15, -0.1) is 0 Å². The molecule has 0 unspecified atom stereocenters. The average molecular weight is 227 g/mol. The molecule has 0 aromatic carbocycles. The van der Waals surface area contributed by atoms with E-state index >= 15 is 0 Å². The first-order valence-corrected chi connectivity index (χ1v) is 5.74. The van der Waals surface area contributed by atoms with Crippen LogP contribution < -0.4 is 0 Å². The fourth-order valence-corrected chi connectivity index (χ4v) is 1.29. The molecule has 0 radical (unpaired) electrons. The second-order valence-corrected chi connectivity index (χ2v) is 2.91. The zero-order chi connectivity index (χ0) is 11.8. The van der Waals surface area contributed by atoms with Crippen LogP contribution in [0.25, 0.3) is 10.9 Å². The Balaban J connectivity index is 0.000000442. The molecule has 0 aliphatic rings. The smallest absolute Gasteiger partial charge is 0.131 e. The van der Waals surface area contributed by atoms with Crippen LogP contribution in [0.3, 0.4) is 0 Å². The van der Waals surface area contributed by atoms with E-state index in [1.165, 1.54) is 5.56 Å². The lowest BCUT2D eigenvalue weighted by atomic mass is 10.2. The molecule has 0 saturated heterocycles. The van der Waals surface area contributed by atoms with Crippen molar-refractivity contribution in [1.29, 1.82) is 0 Å². The number of nitrogens with one attached hydrogen (secondary N) is 1. The Kier molecular flexibility index (Phi) is 6.80. The number of hydrogen-bond donors (Lipinski definition) is 1. The minimum atomic E-state index is 0.527. The molecule has 2 rings (SSSR count). The second-order valence-electron chi connectivity index (χ2n) is 2.52. The largest absolute Gasteiger partial charge is 0.361 e. The highest BCUT2D eigenvalue weighted by Gasteiger charge is 1.99. The normalized spacial score (nSPS) is 8.67. The topological polar surface area (TPSA) is 28.7 Å². The number of pyridine rings is 1. The van der Waals surface area contributed by atoms with Gasteiger partial charge in [0.15, 0.2) is 0 Å². The Morgan fingerprint density at radius 1 is 1.20 bits per heavy atom. The molecule has 1 N–H and O–H groups in total. The molecule has 2 heterocycles. The number of H-pyrrole nitrogens is 1. The first kappa shape index (κ1) is 14.0. The number of halogens is 1. The Morgan fingerprint density at radius 2 is 1.80 bits per heavy atom. The van der Waals surface area contributed by atoms with E-state index in [1.807, 2.05) is 46.9 Å². The monoisotopic (exact) mass is 226 g/mol. The number of aryl methyl sites for hydroxylation is 1. The number of aromatic amines is 1. The van der Waals surface area contributed by atoms with Gasteiger partial charge >= 0.3 is 0 Å². The van der Waals surface area contributed by atoms with E-state index in [1.54, 1.807) is 6.20 Å². The quantitative estimate of drug-likeness (QED) is 0.655. The minimum absolute atomic E-state index is 0.527. The molecule has 0 atom stereocenters. The molecule has 0 saturated carbocycles. The molecule has 2 nitrogen and oxygen atoms in total. The molecule has 2 aromatic heterocycles. The number of hydrogen-bond acceptors (Lipinski definition) is 1. The summed E-state index contributed by atoms with van der Waals surface area (Å²) in [7, 11) is 0. The highest BCUT2D eigenvalue weighted by Crippen LogP contribution is 2.18. The highest BCUT2D eigenvalue weighted by atomic mass is 35.5. The molecule has 0 aliphatic heterocycles. The Labute approximate surface area is 96.7 Å². The van der Waals surface area contributed by atoms with Crippen molar-refractivity contribution in [3.8, 4) is 0 Å². The van der Waals surface area contributed by atoms with Gasteiger partial charge in [0, 0.05) is 17.8 Å². The van der Waals surface area contributed by atoms with E-state index in [9.17, 15) is 0 Å². The summed E-state index contributed by atoms with van der Waals surface area (Å²) >= 11 is 5.70. The third-order valence-electron chi connectivity index (χ3n) is 1.74. The minimum Gasteiger partial charge on any atom is -0.361 e. The molecular weight excluding hydrogens is 208 g/mol. The van der Waals surface area contributed by atoms with Crippen molar-refractivity contribution >= 4 is 22.5 Å². The maximum Gasteiger partial charge on any atom is 0.131 e. The van der Waals surface area contributed by atoms with Gasteiger partial charge in [-0.1, -0.05) is 39.3 Å². The van der Waals surface area contributed by atoms with Gasteiger partial charge in [-0.05, 0) is 18.6 Å². The van der Waals surface area contributed by atoms with Crippen molar-refractivity contribution in [3.63, 3.8) is 0 Å². The summed E-state index contributed by atoms with van der Waals surface area (Å²) in [5, 5.41) is 1.66. The van der Waals surface area contributed by atoms with Gasteiger partial charge in [-0.25, -0.2) is 4.98 Å². The van der Waals surface area contributed by atoms with Crippen molar-refractivity contribution in [2.75, 3.05) is 0 Å². The van der Waals surface area contributed by atoms with Crippen LogP contribution in [-0.2, 0) is 0 Å². The summed E-state index contributed by atoms with van der Waals surface area (Å²) in [6, 6.07) is 1.82. The van der Waals surface area contributed by atoms with Crippen molar-refractivity contribution in [1.82, 2.24) is 9.97 Å². The van der Waals surface area contributed by atoms with Gasteiger partial charge in [0.25, 0.3) is 0 Å². The van der Waals surface area contributed by atoms with E-state index in [4.69, 9.17) is 11.6 Å². The van der Waals surface area contributed by atoms with Crippen LogP contribution >= 0.6 is 11.6 Å². The van der Waals surface area contributed by atoms with E-state index in [-0.39, 0.29) is 0 Å². The summed E-state index contributed by atoms with van der Waals surface area (Å²) in [5.41, 5.74) is 2.24. The Bertz CT molecular complexity index is 393. The summed E-state index contributed by atoms with van der Waals surface area (Å²) in [4.78, 5) is 7.09. The molecule has 0 spiro atoms. The maximum absolute atomic E-state index is 5.70. The summed E-state index contributed by atoms with van der Waals surface area (Å²) in [5.74, 6) is 0. The van der Waals surface area contributed by atoms with Crippen LogP contribution in [-0.4, -0.2) is 9.97 Å². The predicted molar refractivity (Wildman–Crippen MR) is 68.5 cm³/mol. The number of rotatable bonds is 0. The van der Waals surface area contributed by atoms with Gasteiger partial charge in [0.2, 0.25) is 0 Å². The van der Waals surface area contributed by atoms with Gasteiger partial charge in [0.05, 0.1) is 5.52 Å². The zero-order valence-corrected chi connectivity index (χ0v) is 10.8. The van der Waals surface area contributed by atoms with Gasteiger partial charge in [0.1, 0.15) is 5.15 Å².